The zero-order valence-electron chi connectivity index (χ0n) is 9.96. The van der Waals surface area contributed by atoms with Gasteiger partial charge in [0.15, 0.2) is 10.9 Å². The maximum atomic E-state index is 5.95. The van der Waals surface area contributed by atoms with Crippen LogP contribution in [-0.4, -0.2) is 16.6 Å². The standard InChI is InChI=1S/C12H16ClN3S/c1-9(2)5-3-8-15-12(17)16-11-10(13)6-4-7-14-11/h4-7H,3,8H2,1-2H3,(H2,14,15,16,17). The summed E-state index contributed by atoms with van der Waals surface area (Å²) in [4.78, 5) is 4.09. The molecule has 0 amide bonds. The van der Waals surface area contributed by atoms with E-state index in [0.717, 1.165) is 13.0 Å². The monoisotopic (exact) mass is 269 g/mol. The molecule has 1 aromatic heterocycles. The molecule has 17 heavy (non-hydrogen) atoms. The van der Waals surface area contributed by atoms with Gasteiger partial charge in [0, 0.05) is 12.7 Å². The van der Waals surface area contributed by atoms with Gasteiger partial charge >= 0.3 is 0 Å². The van der Waals surface area contributed by atoms with E-state index in [-0.39, 0.29) is 0 Å². The lowest BCUT2D eigenvalue weighted by Gasteiger charge is -2.09. The van der Waals surface area contributed by atoms with Crippen LogP contribution in [0.15, 0.2) is 30.0 Å². The van der Waals surface area contributed by atoms with Crippen molar-refractivity contribution in [1.82, 2.24) is 10.3 Å². The minimum absolute atomic E-state index is 0.535. The molecule has 0 spiro atoms. The van der Waals surface area contributed by atoms with Crippen LogP contribution >= 0.6 is 23.8 Å². The first-order valence-electron chi connectivity index (χ1n) is 5.38. The number of halogens is 1. The van der Waals surface area contributed by atoms with Crippen LogP contribution in [-0.2, 0) is 0 Å². The smallest absolute Gasteiger partial charge is 0.171 e. The summed E-state index contributed by atoms with van der Waals surface area (Å²) in [7, 11) is 0. The maximum Gasteiger partial charge on any atom is 0.171 e. The Morgan fingerprint density at radius 3 is 2.94 bits per heavy atom. The number of hydrogen-bond acceptors (Lipinski definition) is 2. The Kier molecular flexibility index (Phi) is 5.94. The minimum Gasteiger partial charge on any atom is -0.362 e. The van der Waals surface area contributed by atoms with E-state index in [1.807, 2.05) is 0 Å². The van der Waals surface area contributed by atoms with Crippen LogP contribution in [0.4, 0.5) is 5.82 Å². The van der Waals surface area contributed by atoms with Crippen LogP contribution in [0.5, 0.6) is 0 Å². The van der Waals surface area contributed by atoms with Gasteiger partial charge in [-0.2, -0.15) is 0 Å². The molecule has 2 N–H and O–H groups in total. The fourth-order valence-electron chi connectivity index (χ4n) is 1.18. The number of rotatable bonds is 4. The van der Waals surface area contributed by atoms with Gasteiger partial charge in [0.2, 0.25) is 0 Å². The lowest BCUT2D eigenvalue weighted by molar-refractivity contribution is 0.891. The van der Waals surface area contributed by atoms with Crippen molar-refractivity contribution in [3.8, 4) is 0 Å². The Balaban J connectivity index is 2.35. The molecule has 3 nitrogen and oxygen atoms in total. The predicted octanol–water partition coefficient (Wildman–Crippen LogP) is 3.38. The van der Waals surface area contributed by atoms with E-state index in [9.17, 15) is 0 Å². The summed E-state index contributed by atoms with van der Waals surface area (Å²) in [6.45, 7) is 4.94. The first-order chi connectivity index (χ1) is 8.09. The Morgan fingerprint density at radius 2 is 2.29 bits per heavy atom. The van der Waals surface area contributed by atoms with E-state index in [1.165, 1.54) is 5.57 Å². The second-order valence-electron chi connectivity index (χ2n) is 3.78. The zero-order chi connectivity index (χ0) is 12.7. The molecule has 0 fully saturated rings. The molecule has 0 aliphatic rings. The van der Waals surface area contributed by atoms with Gasteiger partial charge in [0.25, 0.3) is 0 Å². The van der Waals surface area contributed by atoms with Gasteiger partial charge < -0.3 is 10.6 Å². The third kappa shape index (κ3) is 5.65. The molecule has 0 saturated carbocycles. The van der Waals surface area contributed by atoms with Crippen LogP contribution < -0.4 is 10.6 Å². The van der Waals surface area contributed by atoms with E-state index in [4.69, 9.17) is 23.8 Å². The molecule has 1 rings (SSSR count). The van der Waals surface area contributed by atoms with Crippen LogP contribution in [0.2, 0.25) is 5.02 Å². The molecular formula is C12H16ClN3S. The second-order valence-corrected chi connectivity index (χ2v) is 4.60. The van der Waals surface area contributed by atoms with Gasteiger partial charge in [-0.3, -0.25) is 0 Å². The van der Waals surface area contributed by atoms with Gasteiger partial charge in [-0.15, -0.1) is 0 Å². The summed E-state index contributed by atoms with van der Waals surface area (Å²) in [6, 6.07) is 3.54. The maximum absolute atomic E-state index is 5.95. The predicted molar refractivity (Wildman–Crippen MR) is 77.5 cm³/mol. The van der Waals surface area contributed by atoms with Gasteiger partial charge in [-0.25, -0.2) is 4.98 Å². The normalized spacial score (nSPS) is 9.59. The van der Waals surface area contributed by atoms with Crippen molar-refractivity contribution in [2.75, 3.05) is 11.9 Å². The Hall–Kier alpha value is -1.13. The molecule has 0 saturated heterocycles. The second kappa shape index (κ2) is 7.25. The molecule has 1 aromatic rings. The van der Waals surface area contributed by atoms with Crippen molar-refractivity contribution in [1.29, 1.82) is 0 Å². The molecule has 1 heterocycles. The van der Waals surface area contributed by atoms with Crippen molar-refractivity contribution in [2.24, 2.45) is 0 Å². The number of nitrogens with zero attached hydrogens (tertiary/aromatic N) is 1. The molecule has 0 unspecified atom stereocenters. The van der Waals surface area contributed by atoms with E-state index in [2.05, 4.69) is 35.5 Å². The van der Waals surface area contributed by atoms with Gasteiger partial charge in [0.1, 0.15) is 0 Å². The Morgan fingerprint density at radius 1 is 1.53 bits per heavy atom. The first kappa shape index (κ1) is 13.9. The molecule has 0 atom stereocenters. The summed E-state index contributed by atoms with van der Waals surface area (Å²) in [5.74, 6) is 0.578. The van der Waals surface area contributed by atoms with E-state index in [1.54, 1.807) is 18.3 Å². The molecule has 92 valence electrons. The molecular weight excluding hydrogens is 254 g/mol. The summed E-state index contributed by atoms with van der Waals surface area (Å²) in [6.07, 6.45) is 4.77. The Bertz CT molecular complexity index is 414. The van der Waals surface area contributed by atoms with Gasteiger partial charge in [-0.1, -0.05) is 23.3 Å². The van der Waals surface area contributed by atoms with E-state index >= 15 is 0 Å². The van der Waals surface area contributed by atoms with Crippen LogP contribution in [0.1, 0.15) is 20.3 Å². The number of anilines is 1. The largest absolute Gasteiger partial charge is 0.362 e. The summed E-state index contributed by atoms with van der Waals surface area (Å²) >= 11 is 11.1. The van der Waals surface area contributed by atoms with Crippen molar-refractivity contribution in [2.45, 2.75) is 20.3 Å². The van der Waals surface area contributed by atoms with Crippen LogP contribution in [0.3, 0.4) is 0 Å². The summed E-state index contributed by atoms with van der Waals surface area (Å²) < 4.78 is 0. The SMILES string of the molecule is CC(C)=CCCNC(=S)Nc1ncccc1Cl. The van der Waals surface area contributed by atoms with Crippen LogP contribution in [0, 0.1) is 0 Å². The first-order valence-corrected chi connectivity index (χ1v) is 6.17. The zero-order valence-corrected chi connectivity index (χ0v) is 11.5. The lowest BCUT2D eigenvalue weighted by atomic mass is 10.3. The minimum atomic E-state index is 0.535. The number of allylic oxidation sites excluding steroid dienone is 1. The number of pyridine rings is 1. The molecule has 0 radical (unpaired) electrons. The molecule has 0 aliphatic carbocycles. The highest BCUT2D eigenvalue weighted by atomic mass is 35.5. The average molecular weight is 270 g/mol. The topological polar surface area (TPSA) is 37.0 Å². The Labute approximate surface area is 112 Å². The molecule has 0 aliphatic heterocycles. The fourth-order valence-corrected chi connectivity index (χ4v) is 1.54. The van der Waals surface area contributed by atoms with Crippen molar-refractivity contribution in [3.63, 3.8) is 0 Å². The highest BCUT2D eigenvalue weighted by molar-refractivity contribution is 7.80. The number of aromatic nitrogens is 1. The molecule has 5 heteroatoms. The lowest BCUT2D eigenvalue weighted by Crippen LogP contribution is -2.29. The quantitative estimate of drug-likeness (QED) is 0.499. The number of hydrogen-bond donors (Lipinski definition) is 2. The van der Waals surface area contributed by atoms with Gasteiger partial charge in [-0.05, 0) is 44.6 Å². The van der Waals surface area contributed by atoms with E-state index in [0.29, 0.717) is 16.0 Å². The fraction of sp³-hybridized carbons (Fsp3) is 0.333. The van der Waals surface area contributed by atoms with Crippen LogP contribution in [0.25, 0.3) is 0 Å². The summed E-state index contributed by atoms with van der Waals surface area (Å²) in [5, 5.41) is 7.14. The highest BCUT2D eigenvalue weighted by Gasteiger charge is 2.01. The highest BCUT2D eigenvalue weighted by Crippen LogP contribution is 2.16. The average Bonchev–Trinajstić information content (AvgIpc) is 2.27. The summed E-state index contributed by atoms with van der Waals surface area (Å²) in [5.41, 5.74) is 1.30. The van der Waals surface area contributed by atoms with Gasteiger partial charge in [0.05, 0.1) is 5.02 Å². The van der Waals surface area contributed by atoms with E-state index < -0.39 is 0 Å². The third-order valence-corrected chi connectivity index (χ3v) is 2.52. The molecule has 0 bridgehead atoms. The third-order valence-electron chi connectivity index (χ3n) is 1.97. The molecule has 0 aromatic carbocycles. The van der Waals surface area contributed by atoms with Crippen molar-refractivity contribution < 1.29 is 0 Å². The van der Waals surface area contributed by atoms with Crippen molar-refractivity contribution in [3.05, 3.63) is 35.0 Å². The number of thiocarbonyl (C=S) groups is 1. The van der Waals surface area contributed by atoms with Crippen molar-refractivity contribution >= 4 is 34.7 Å². The number of nitrogens with one attached hydrogen (secondary N) is 2.